The van der Waals surface area contributed by atoms with E-state index in [4.69, 9.17) is 5.73 Å². The van der Waals surface area contributed by atoms with Gasteiger partial charge in [0.15, 0.2) is 0 Å². The molecular formula is C13H19FN2. The fourth-order valence-electron chi connectivity index (χ4n) is 2.40. The van der Waals surface area contributed by atoms with Gasteiger partial charge in [-0.3, -0.25) is 0 Å². The van der Waals surface area contributed by atoms with Crippen LogP contribution in [0, 0.1) is 11.7 Å². The van der Waals surface area contributed by atoms with Crippen molar-refractivity contribution < 1.29 is 4.39 Å². The highest BCUT2D eigenvalue weighted by Gasteiger charge is 2.19. The highest BCUT2D eigenvalue weighted by molar-refractivity contribution is 5.67. The number of halogens is 1. The van der Waals surface area contributed by atoms with Crippen LogP contribution >= 0.6 is 0 Å². The van der Waals surface area contributed by atoms with Gasteiger partial charge in [0.05, 0.1) is 11.4 Å². The average molecular weight is 222 g/mol. The summed E-state index contributed by atoms with van der Waals surface area (Å²) in [6.07, 6.45) is 3.69. The lowest BCUT2D eigenvalue weighted by Gasteiger charge is -2.33. The number of piperidine rings is 1. The molecule has 1 heterocycles. The summed E-state index contributed by atoms with van der Waals surface area (Å²) >= 11 is 0. The van der Waals surface area contributed by atoms with Crippen LogP contribution in [0.4, 0.5) is 15.8 Å². The Hall–Kier alpha value is -1.25. The van der Waals surface area contributed by atoms with E-state index in [2.05, 4.69) is 11.8 Å². The minimum absolute atomic E-state index is 0.260. The molecule has 0 aliphatic carbocycles. The molecule has 2 nitrogen and oxygen atoms in total. The summed E-state index contributed by atoms with van der Waals surface area (Å²) in [6, 6.07) is 4.68. The van der Waals surface area contributed by atoms with Gasteiger partial charge in [0.1, 0.15) is 5.82 Å². The third kappa shape index (κ3) is 2.29. The second-order valence-corrected chi connectivity index (χ2v) is 4.54. The fraction of sp³-hybridized carbons (Fsp3) is 0.538. The Kier molecular flexibility index (Phi) is 3.32. The molecule has 16 heavy (non-hydrogen) atoms. The maximum atomic E-state index is 12.9. The van der Waals surface area contributed by atoms with Gasteiger partial charge in [-0.2, -0.15) is 0 Å². The Bertz CT molecular complexity index is 357. The molecule has 0 spiro atoms. The van der Waals surface area contributed by atoms with Crippen LogP contribution < -0.4 is 10.6 Å². The Balaban J connectivity index is 2.08. The van der Waals surface area contributed by atoms with Gasteiger partial charge >= 0.3 is 0 Å². The SMILES string of the molecule is CCC1CCN(c2ccc(F)cc2N)CC1. The number of nitrogen functional groups attached to an aromatic ring is 1. The smallest absolute Gasteiger partial charge is 0.125 e. The Labute approximate surface area is 96.2 Å². The van der Waals surface area contributed by atoms with Crippen LogP contribution in [-0.4, -0.2) is 13.1 Å². The topological polar surface area (TPSA) is 29.3 Å². The minimum atomic E-state index is -0.260. The lowest BCUT2D eigenvalue weighted by Crippen LogP contribution is -2.33. The van der Waals surface area contributed by atoms with E-state index in [0.717, 1.165) is 24.7 Å². The first kappa shape index (κ1) is 11.2. The molecule has 1 saturated heterocycles. The first-order valence-electron chi connectivity index (χ1n) is 6.00. The van der Waals surface area contributed by atoms with Crippen LogP contribution in [0.3, 0.4) is 0 Å². The number of rotatable bonds is 2. The zero-order chi connectivity index (χ0) is 11.5. The molecule has 1 aliphatic heterocycles. The molecule has 1 aromatic rings. The van der Waals surface area contributed by atoms with Gasteiger partial charge in [-0.15, -0.1) is 0 Å². The van der Waals surface area contributed by atoms with Crippen LogP contribution in [0.15, 0.2) is 18.2 Å². The molecule has 2 rings (SSSR count). The highest BCUT2D eigenvalue weighted by Crippen LogP contribution is 2.29. The number of nitrogens with zero attached hydrogens (tertiary/aromatic N) is 1. The van der Waals surface area contributed by atoms with E-state index in [1.807, 2.05) is 0 Å². The molecule has 1 aromatic carbocycles. The van der Waals surface area contributed by atoms with E-state index in [0.29, 0.717) is 5.69 Å². The standard InChI is InChI=1S/C13H19FN2/c1-2-10-5-7-16(8-6-10)13-4-3-11(14)9-12(13)15/h3-4,9-10H,2,5-8,15H2,1H3. The summed E-state index contributed by atoms with van der Waals surface area (Å²) in [5.74, 6) is 0.586. The zero-order valence-corrected chi connectivity index (χ0v) is 9.75. The van der Waals surface area contributed by atoms with Gasteiger partial charge in [0.2, 0.25) is 0 Å². The molecule has 0 bridgehead atoms. The number of hydrogen-bond acceptors (Lipinski definition) is 2. The van der Waals surface area contributed by atoms with Crippen LogP contribution in [0.5, 0.6) is 0 Å². The van der Waals surface area contributed by atoms with Crippen LogP contribution in [-0.2, 0) is 0 Å². The van der Waals surface area contributed by atoms with Crippen molar-refractivity contribution in [2.24, 2.45) is 5.92 Å². The molecule has 1 aliphatic rings. The van der Waals surface area contributed by atoms with Gasteiger partial charge in [0, 0.05) is 13.1 Å². The first-order valence-corrected chi connectivity index (χ1v) is 6.00. The molecule has 1 fully saturated rings. The van der Waals surface area contributed by atoms with Crippen LogP contribution in [0.1, 0.15) is 26.2 Å². The van der Waals surface area contributed by atoms with Gasteiger partial charge < -0.3 is 10.6 Å². The third-order valence-corrected chi connectivity index (χ3v) is 3.52. The molecule has 88 valence electrons. The molecular weight excluding hydrogens is 203 g/mol. The van der Waals surface area contributed by atoms with Crippen molar-refractivity contribution in [1.82, 2.24) is 0 Å². The van der Waals surface area contributed by atoms with Gasteiger partial charge in [-0.1, -0.05) is 13.3 Å². The van der Waals surface area contributed by atoms with E-state index in [-0.39, 0.29) is 5.82 Å². The number of anilines is 2. The second-order valence-electron chi connectivity index (χ2n) is 4.54. The molecule has 0 aromatic heterocycles. The molecule has 0 unspecified atom stereocenters. The number of benzene rings is 1. The largest absolute Gasteiger partial charge is 0.397 e. The third-order valence-electron chi connectivity index (χ3n) is 3.52. The molecule has 2 N–H and O–H groups in total. The van der Waals surface area contributed by atoms with Crippen molar-refractivity contribution >= 4 is 11.4 Å². The molecule has 3 heteroatoms. The monoisotopic (exact) mass is 222 g/mol. The molecule has 0 atom stereocenters. The maximum absolute atomic E-state index is 12.9. The number of hydrogen-bond donors (Lipinski definition) is 1. The first-order chi connectivity index (χ1) is 7.70. The average Bonchev–Trinajstić information content (AvgIpc) is 2.29. The quantitative estimate of drug-likeness (QED) is 0.779. The zero-order valence-electron chi connectivity index (χ0n) is 9.75. The second kappa shape index (κ2) is 4.73. The van der Waals surface area contributed by atoms with Crippen molar-refractivity contribution in [3.63, 3.8) is 0 Å². The Morgan fingerprint density at radius 2 is 2.06 bits per heavy atom. The van der Waals surface area contributed by atoms with E-state index >= 15 is 0 Å². The molecule has 0 radical (unpaired) electrons. The summed E-state index contributed by atoms with van der Waals surface area (Å²) in [6.45, 7) is 4.31. The lowest BCUT2D eigenvalue weighted by molar-refractivity contribution is 0.395. The highest BCUT2D eigenvalue weighted by atomic mass is 19.1. The van der Waals surface area contributed by atoms with Crippen molar-refractivity contribution in [2.75, 3.05) is 23.7 Å². The van der Waals surface area contributed by atoms with Gasteiger partial charge in [-0.25, -0.2) is 4.39 Å². The van der Waals surface area contributed by atoms with Gasteiger partial charge in [0.25, 0.3) is 0 Å². The lowest BCUT2D eigenvalue weighted by atomic mass is 9.94. The Morgan fingerprint density at radius 3 is 2.62 bits per heavy atom. The predicted molar refractivity (Wildman–Crippen MR) is 66.0 cm³/mol. The summed E-state index contributed by atoms with van der Waals surface area (Å²) in [5, 5.41) is 0. The van der Waals surface area contributed by atoms with Crippen molar-refractivity contribution in [1.29, 1.82) is 0 Å². The minimum Gasteiger partial charge on any atom is -0.397 e. The molecule has 0 amide bonds. The summed E-state index contributed by atoms with van der Waals surface area (Å²) < 4.78 is 12.9. The predicted octanol–water partition coefficient (Wildman–Crippen LogP) is 3.03. The summed E-state index contributed by atoms with van der Waals surface area (Å²) in [7, 11) is 0. The Morgan fingerprint density at radius 1 is 1.38 bits per heavy atom. The van der Waals surface area contributed by atoms with Crippen molar-refractivity contribution in [3.05, 3.63) is 24.0 Å². The van der Waals surface area contributed by atoms with Gasteiger partial charge in [-0.05, 0) is 37.0 Å². The summed E-state index contributed by atoms with van der Waals surface area (Å²) in [4.78, 5) is 2.26. The van der Waals surface area contributed by atoms with Crippen LogP contribution in [0.2, 0.25) is 0 Å². The van der Waals surface area contributed by atoms with Crippen LogP contribution in [0.25, 0.3) is 0 Å². The normalized spacial score (nSPS) is 17.8. The van der Waals surface area contributed by atoms with E-state index in [1.54, 1.807) is 6.07 Å². The van der Waals surface area contributed by atoms with E-state index in [1.165, 1.54) is 31.4 Å². The van der Waals surface area contributed by atoms with E-state index < -0.39 is 0 Å². The summed E-state index contributed by atoms with van der Waals surface area (Å²) in [5.41, 5.74) is 7.37. The molecule has 0 saturated carbocycles. The van der Waals surface area contributed by atoms with E-state index in [9.17, 15) is 4.39 Å². The van der Waals surface area contributed by atoms with Crippen molar-refractivity contribution in [2.45, 2.75) is 26.2 Å². The maximum Gasteiger partial charge on any atom is 0.125 e. The van der Waals surface area contributed by atoms with Crippen molar-refractivity contribution in [3.8, 4) is 0 Å². The number of nitrogens with two attached hydrogens (primary N) is 1. The fourth-order valence-corrected chi connectivity index (χ4v) is 2.40.